The minimum absolute atomic E-state index is 0.144. The van der Waals surface area contributed by atoms with Crippen LogP contribution in [-0.4, -0.2) is 30.6 Å². The zero-order chi connectivity index (χ0) is 13.4. The first-order valence-electron chi connectivity index (χ1n) is 7.10. The van der Waals surface area contributed by atoms with Gasteiger partial charge in [0.2, 0.25) is 0 Å². The van der Waals surface area contributed by atoms with Gasteiger partial charge in [0.15, 0.2) is 5.88 Å². The fourth-order valence-electron chi connectivity index (χ4n) is 2.21. The summed E-state index contributed by atoms with van der Waals surface area (Å²) >= 11 is 0. The molecule has 0 atom stereocenters. The Kier molecular flexibility index (Phi) is 6.88. The number of nitrogens with zero attached hydrogens (tertiary/aromatic N) is 1. The van der Waals surface area contributed by atoms with E-state index in [4.69, 9.17) is 10.5 Å². The highest BCUT2D eigenvalue weighted by molar-refractivity contribution is 5.12. The van der Waals surface area contributed by atoms with E-state index in [1.807, 2.05) is 19.9 Å². The molecular weight excluding hydrogens is 224 g/mol. The number of hydrogen-bond acceptors (Lipinski definition) is 3. The summed E-state index contributed by atoms with van der Waals surface area (Å²) in [7, 11) is 0. The number of likely N-dealkylation sites (tertiary alicyclic amines) is 1. The van der Waals surface area contributed by atoms with Crippen LogP contribution in [0.3, 0.4) is 0 Å². The van der Waals surface area contributed by atoms with Crippen LogP contribution in [0.4, 0.5) is 0 Å². The van der Waals surface area contributed by atoms with Crippen LogP contribution >= 0.6 is 0 Å². The van der Waals surface area contributed by atoms with Crippen LogP contribution in [0, 0.1) is 0 Å². The summed E-state index contributed by atoms with van der Waals surface area (Å²) < 4.78 is 5.37. The molecule has 0 aromatic heterocycles. The number of allylic oxidation sites excluding steroid dienone is 3. The van der Waals surface area contributed by atoms with Crippen LogP contribution in [-0.2, 0) is 4.74 Å². The third-order valence-electron chi connectivity index (χ3n) is 3.15. The molecule has 104 valence electrons. The Morgan fingerprint density at radius 2 is 1.94 bits per heavy atom. The second kappa shape index (κ2) is 8.20. The molecule has 0 spiro atoms. The van der Waals surface area contributed by atoms with Crippen LogP contribution in [0.25, 0.3) is 0 Å². The SMILES string of the molecule is C/C(=C\C=C(/N)OC(C)C)CCCN1CCCC1. The fourth-order valence-corrected chi connectivity index (χ4v) is 2.21. The van der Waals surface area contributed by atoms with Crippen molar-refractivity contribution >= 4 is 0 Å². The van der Waals surface area contributed by atoms with Crippen LogP contribution in [0.15, 0.2) is 23.6 Å². The molecule has 0 amide bonds. The Morgan fingerprint density at radius 3 is 2.56 bits per heavy atom. The van der Waals surface area contributed by atoms with Gasteiger partial charge < -0.3 is 15.4 Å². The van der Waals surface area contributed by atoms with Gasteiger partial charge in [-0.1, -0.05) is 11.6 Å². The van der Waals surface area contributed by atoms with Gasteiger partial charge in [0.1, 0.15) is 0 Å². The van der Waals surface area contributed by atoms with Gasteiger partial charge in [0, 0.05) is 0 Å². The van der Waals surface area contributed by atoms with Crippen molar-refractivity contribution in [3.05, 3.63) is 23.6 Å². The van der Waals surface area contributed by atoms with Crippen LogP contribution in [0.5, 0.6) is 0 Å². The predicted octanol–water partition coefficient (Wildman–Crippen LogP) is 3.03. The van der Waals surface area contributed by atoms with Crippen LogP contribution in [0.1, 0.15) is 46.5 Å². The van der Waals surface area contributed by atoms with Gasteiger partial charge in [-0.25, -0.2) is 0 Å². The van der Waals surface area contributed by atoms with E-state index < -0.39 is 0 Å². The van der Waals surface area contributed by atoms with E-state index in [1.54, 1.807) is 0 Å². The molecule has 0 aromatic carbocycles. The quantitative estimate of drug-likeness (QED) is 0.559. The van der Waals surface area contributed by atoms with E-state index in [0.29, 0.717) is 5.88 Å². The molecule has 2 N–H and O–H groups in total. The second-order valence-electron chi connectivity index (χ2n) is 5.40. The zero-order valence-corrected chi connectivity index (χ0v) is 12.1. The summed E-state index contributed by atoms with van der Waals surface area (Å²) in [5, 5.41) is 0. The molecule has 3 heteroatoms. The Morgan fingerprint density at radius 1 is 1.28 bits per heavy atom. The van der Waals surface area contributed by atoms with Crippen molar-refractivity contribution in [3.8, 4) is 0 Å². The monoisotopic (exact) mass is 252 g/mol. The first kappa shape index (κ1) is 15.1. The topological polar surface area (TPSA) is 38.5 Å². The van der Waals surface area contributed by atoms with E-state index in [-0.39, 0.29) is 6.10 Å². The molecule has 3 nitrogen and oxygen atoms in total. The van der Waals surface area contributed by atoms with Crippen LogP contribution < -0.4 is 5.73 Å². The summed E-state index contributed by atoms with van der Waals surface area (Å²) in [6, 6.07) is 0. The third kappa shape index (κ3) is 6.70. The minimum Gasteiger partial charge on any atom is -0.477 e. The molecule has 0 bridgehead atoms. The van der Waals surface area contributed by atoms with Crippen molar-refractivity contribution in [1.82, 2.24) is 4.90 Å². The first-order valence-corrected chi connectivity index (χ1v) is 7.10. The van der Waals surface area contributed by atoms with E-state index in [1.165, 1.54) is 44.5 Å². The molecule has 1 saturated heterocycles. The average molecular weight is 252 g/mol. The largest absolute Gasteiger partial charge is 0.477 e. The first-order chi connectivity index (χ1) is 8.58. The number of nitrogens with two attached hydrogens (primary N) is 1. The molecule has 18 heavy (non-hydrogen) atoms. The lowest BCUT2D eigenvalue weighted by Gasteiger charge is -2.13. The highest BCUT2D eigenvalue weighted by Gasteiger charge is 2.09. The van der Waals surface area contributed by atoms with Gasteiger partial charge in [0.05, 0.1) is 6.10 Å². The smallest absolute Gasteiger partial charge is 0.184 e. The van der Waals surface area contributed by atoms with Gasteiger partial charge >= 0.3 is 0 Å². The summed E-state index contributed by atoms with van der Waals surface area (Å²) in [5.41, 5.74) is 7.10. The van der Waals surface area contributed by atoms with Crippen molar-refractivity contribution in [2.24, 2.45) is 5.73 Å². The molecular formula is C15H28N2O. The molecule has 0 unspecified atom stereocenters. The average Bonchev–Trinajstić information content (AvgIpc) is 2.78. The molecule has 0 aliphatic carbocycles. The highest BCUT2D eigenvalue weighted by atomic mass is 16.5. The van der Waals surface area contributed by atoms with E-state index in [0.717, 1.165) is 6.42 Å². The lowest BCUT2D eigenvalue weighted by molar-refractivity contribution is 0.145. The summed E-state index contributed by atoms with van der Waals surface area (Å²) in [5.74, 6) is 0.504. The Hall–Kier alpha value is -0.960. The summed E-state index contributed by atoms with van der Waals surface area (Å²) in [6.45, 7) is 9.92. The zero-order valence-electron chi connectivity index (χ0n) is 12.1. The molecule has 0 radical (unpaired) electrons. The van der Waals surface area contributed by atoms with Gasteiger partial charge in [-0.2, -0.15) is 0 Å². The molecule has 0 saturated carbocycles. The maximum Gasteiger partial charge on any atom is 0.184 e. The Labute approximate surface area is 112 Å². The van der Waals surface area contributed by atoms with Gasteiger partial charge in [-0.3, -0.25) is 0 Å². The van der Waals surface area contributed by atoms with Crippen LogP contribution in [0.2, 0.25) is 0 Å². The summed E-state index contributed by atoms with van der Waals surface area (Å²) in [6.07, 6.45) is 9.21. The highest BCUT2D eigenvalue weighted by Crippen LogP contribution is 2.11. The fraction of sp³-hybridized carbons (Fsp3) is 0.733. The molecule has 1 fully saturated rings. The maximum absolute atomic E-state index is 5.74. The molecule has 1 rings (SSSR count). The van der Waals surface area contributed by atoms with E-state index in [2.05, 4.69) is 17.9 Å². The van der Waals surface area contributed by atoms with Gasteiger partial charge in [-0.15, -0.1) is 0 Å². The number of rotatable bonds is 7. The van der Waals surface area contributed by atoms with Crippen molar-refractivity contribution in [2.45, 2.75) is 52.6 Å². The summed E-state index contributed by atoms with van der Waals surface area (Å²) in [4.78, 5) is 2.55. The lowest BCUT2D eigenvalue weighted by atomic mass is 10.1. The van der Waals surface area contributed by atoms with Crippen molar-refractivity contribution < 1.29 is 4.74 Å². The van der Waals surface area contributed by atoms with Gasteiger partial charge in [0.25, 0.3) is 0 Å². The number of hydrogen-bond donors (Lipinski definition) is 1. The van der Waals surface area contributed by atoms with Crippen molar-refractivity contribution in [2.75, 3.05) is 19.6 Å². The second-order valence-corrected chi connectivity index (χ2v) is 5.40. The normalized spacial score (nSPS) is 18.7. The number of ether oxygens (including phenoxy) is 1. The Balaban J connectivity index is 2.20. The lowest BCUT2D eigenvalue weighted by Crippen LogP contribution is -2.20. The maximum atomic E-state index is 5.74. The predicted molar refractivity (Wildman–Crippen MR) is 77.2 cm³/mol. The van der Waals surface area contributed by atoms with Crippen molar-refractivity contribution in [3.63, 3.8) is 0 Å². The molecule has 1 aliphatic heterocycles. The van der Waals surface area contributed by atoms with E-state index >= 15 is 0 Å². The standard InChI is InChI=1S/C15H28N2O/c1-13(2)18-15(16)9-8-14(3)7-6-12-17-10-4-5-11-17/h8-9,13H,4-7,10-12,16H2,1-3H3/b14-8+,15-9+. The van der Waals surface area contributed by atoms with Gasteiger partial charge in [-0.05, 0) is 72.2 Å². The Bertz CT molecular complexity index is 289. The minimum atomic E-state index is 0.144. The third-order valence-corrected chi connectivity index (χ3v) is 3.15. The molecule has 1 heterocycles. The van der Waals surface area contributed by atoms with E-state index in [9.17, 15) is 0 Å². The van der Waals surface area contributed by atoms with Crippen molar-refractivity contribution in [1.29, 1.82) is 0 Å². The molecule has 1 aliphatic rings. The molecule has 0 aromatic rings.